The number of ether oxygens (including phenoxy) is 1. The molecule has 0 radical (unpaired) electrons. The summed E-state index contributed by atoms with van der Waals surface area (Å²) in [5.41, 5.74) is 5.55. The van der Waals surface area contributed by atoms with Gasteiger partial charge in [-0.05, 0) is 33.7 Å². The average Bonchev–Trinajstić information content (AvgIpc) is 2.03. The van der Waals surface area contributed by atoms with Crippen LogP contribution in [0, 0.1) is 0 Å². The molecule has 0 aliphatic carbocycles. The quantitative estimate of drug-likeness (QED) is 0.709. The fourth-order valence-corrected chi connectivity index (χ4v) is 2.00. The monoisotopic (exact) mass is 186 g/mol. The van der Waals surface area contributed by atoms with Gasteiger partial charge in [-0.3, -0.25) is 4.90 Å². The lowest BCUT2D eigenvalue weighted by molar-refractivity contribution is -0.0788. The van der Waals surface area contributed by atoms with E-state index in [0.717, 1.165) is 26.1 Å². The zero-order chi connectivity index (χ0) is 9.84. The van der Waals surface area contributed by atoms with E-state index in [1.807, 2.05) is 0 Å². The molecule has 0 aromatic rings. The summed E-state index contributed by atoms with van der Waals surface area (Å²) in [5.74, 6) is 0. The lowest BCUT2D eigenvalue weighted by Crippen LogP contribution is -2.49. The number of nitrogens with zero attached hydrogens (tertiary/aromatic N) is 1. The largest absolute Gasteiger partial charge is 0.373 e. The molecule has 0 aromatic carbocycles. The summed E-state index contributed by atoms with van der Waals surface area (Å²) in [6.45, 7) is 9.39. The van der Waals surface area contributed by atoms with E-state index >= 15 is 0 Å². The van der Waals surface area contributed by atoms with Gasteiger partial charge in [0.05, 0.1) is 12.2 Å². The van der Waals surface area contributed by atoms with Crippen LogP contribution in [-0.2, 0) is 4.74 Å². The fourth-order valence-electron chi connectivity index (χ4n) is 2.00. The second-order valence-electron chi connectivity index (χ2n) is 4.14. The molecule has 1 aliphatic rings. The van der Waals surface area contributed by atoms with Crippen molar-refractivity contribution in [3.8, 4) is 0 Å². The first kappa shape index (κ1) is 11.0. The summed E-state index contributed by atoms with van der Waals surface area (Å²) in [6.07, 6.45) is 1.81. The van der Waals surface area contributed by atoms with Crippen LogP contribution in [0.2, 0.25) is 0 Å². The lowest BCUT2D eigenvalue weighted by Gasteiger charge is -2.38. The SMILES string of the molecule is CC1CN(C(C)CCN)CC(C)O1. The van der Waals surface area contributed by atoms with Gasteiger partial charge in [-0.25, -0.2) is 0 Å². The molecular formula is C10H22N2O. The van der Waals surface area contributed by atoms with Gasteiger partial charge in [0.2, 0.25) is 0 Å². The van der Waals surface area contributed by atoms with Gasteiger partial charge in [0, 0.05) is 19.1 Å². The summed E-state index contributed by atoms with van der Waals surface area (Å²) in [6, 6.07) is 0.596. The fraction of sp³-hybridized carbons (Fsp3) is 1.00. The van der Waals surface area contributed by atoms with E-state index in [0.29, 0.717) is 18.2 Å². The van der Waals surface area contributed by atoms with Crippen molar-refractivity contribution in [2.75, 3.05) is 19.6 Å². The van der Waals surface area contributed by atoms with Gasteiger partial charge in [-0.2, -0.15) is 0 Å². The molecule has 0 saturated carbocycles. The molecule has 78 valence electrons. The maximum absolute atomic E-state index is 5.67. The molecular weight excluding hydrogens is 164 g/mol. The van der Waals surface area contributed by atoms with E-state index in [1.54, 1.807) is 0 Å². The van der Waals surface area contributed by atoms with Crippen molar-refractivity contribution >= 4 is 0 Å². The molecule has 1 heterocycles. The second kappa shape index (κ2) is 4.94. The van der Waals surface area contributed by atoms with Crippen molar-refractivity contribution in [3.63, 3.8) is 0 Å². The summed E-state index contributed by atoms with van der Waals surface area (Å²) in [5, 5.41) is 0. The summed E-state index contributed by atoms with van der Waals surface area (Å²) < 4.78 is 5.67. The van der Waals surface area contributed by atoms with Gasteiger partial charge in [0.25, 0.3) is 0 Å². The molecule has 3 atom stereocenters. The minimum atomic E-state index is 0.365. The zero-order valence-corrected chi connectivity index (χ0v) is 8.99. The Kier molecular flexibility index (Phi) is 4.16. The third kappa shape index (κ3) is 3.25. The van der Waals surface area contributed by atoms with E-state index in [-0.39, 0.29) is 0 Å². The Morgan fingerprint density at radius 1 is 1.38 bits per heavy atom. The van der Waals surface area contributed by atoms with Crippen LogP contribution in [0.5, 0.6) is 0 Å². The predicted octanol–water partition coefficient (Wildman–Crippen LogP) is 0.833. The lowest BCUT2D eigenvalue weighted by atomic mass is 10.1. The number of hydrogen-bond acceptors (Lipinski definition) is 3. The Labute approximate surface area is 81.2 Å². The van der Waals surface area contributed by atoms with Crippen LogP contribution in [0.4, 0.5) is 0 Å². The van der Waals surface area contributed by atoms with Crippen LogP contribution in [0.3, 0.4) is 0 Å². The Morgan fingerprint density at radius 2 is 1.92 bits per heavy atom. The van der Waals surface area contributed by atoms with Gasteiger partial charge < -0.3 is 10.5 Å². The van der Waals surface area contributed by atoms with Crippen molar-refractivity contribution < 1.29 is 4.74 Å². The van der Waals surface area contributed by atoms with Crippen LogP contribution < -0.4 is 5.73 Å². The maximum Gasteiger partial charge on any atom is 0.0678 e. The first-order valence-electron chi connectivity index (χ1n) is 5.23. The van der Waals surface area contributed by atoms with Crippen LogP contribution in [0.25, 0.3) is 0 Å². The minimum Gasteiger partial charge on any atom is -0.373 e. The smallest absolute Gasteiger partial charge is 0.0678 e. The van der Waals surface area contributed by atoms with Gasteiger partial charge in [-0.15, -0.1) is 0 Å². The Bertz CT molecular complexity index is 142. The Balaban J connectivity index is 2.40. The average molecular weight is 186 g/mol. The molecule has 1 aliphatic heterocycles. The normalized spacial score (nSPS) is 33.2. The molecule has 3 nitrogen and oxygen atoms in total. The number of morpholine rings is 1. The van der Waals surface area contributed by atoms with E-state index in [1.165, 1.54) is 0 Å². The zero-order valence-electron chi connectivity index (χ0n) is 8.99. The summed E-state index contributed by atoms with van der Waals surface area (Å²) in [7, 11) is 0. The van der Waals surface area contributed by atoms with E-state index in [2.05, 4.69) is 25.7 Å². The molecule has 1 saturated heterocycles. The van der Waals surface area contributed by atoms with Gasteiger partial charge in [-0.1, -0.05) is 0 Å². The van der Waals surface area contributed by atoms with Crippen LogP contribution in [-0.4, -0.2) is 42.8 Å². The second-order valence-corrected chi connectivity index (χ2v) is 4.14. The molecule has 3 unspecified atom stereocenters. The number of nitrogens with two attached hydrogens (primary N) is 1. The first-order chi connectivity index (χ1) is 6.13. The number of rotatable bonds is 3. The van der Waals surface area contributed by atoms with Crippen LogP contribution in [0.15, 0.2) is 0 Å². The third-order valence-electron chi connectivity index (χ3n) is 2.66. The highest BCUT2D eigenvalue weighted by Crippen LogP contribution is 2.14. The molecule has 1 rings (SSSR count). The Morgan fingerprint density at radius 3 is 2.38 bits per heavy atom. The van der Waals surface area contributed by atoms with Crippen molar-refractivity contribution in [3.05, 3.63) is 0 Å². The Hall–Kier alpha value is -0.120. The molecule has 13 heavy (non-hydrogen) atoms. The third-order valence-corrected chi connectivity index (χ3v) is 2.66. The minimum absolute atomic E-state index is 0.365. The van der Waals surface area contributed by atoms with Crippen molar-refractivity contribution in [1.82, 2.24) is 4.90 Å². The molecule has 0 aromatic heterocycles. The van der Waals surface area contributed by atoms with Crippen molar-refractivity contribution in [1.29, 1.82) is 0 Å². The predicted molar refractivity (Wildman–Crippen MR) is 54.7 cm³/mol. The first-order valence-corrected chi connectivity index (χ1v) is 5.23. The van der Waals surface area contributed by atoms with Crippen molar-refractivity contribution in [2.24, 2.45) is 5.73 Å². The van der Waals surface area contributed by atoms with Gasteiger partial charge in [0.15, 0.2) is 0 Å². The standard InChI is InChI=1S/C10H22N2O/c1-8(4-5-11)12-6-9(2)13-10(3)7-12/h8-10H,4-7,11H2,1-3H3. The highest BCUT2D eigenvalue weighted by molar-refractivity contribution is 4.77. The van der Waals surface area contributed by atoms with Crippen LogP contribution in [0.1, 0.15) is 27.2 Å². The molecule has 2 N–H and O–H groups in total. The summed E-state index contributed by atoms with van der Waals surface area (Å²) >= 11 is 0. The van der Waals surface area contributed by atoms with E-state index < -0.39 is 0 Å². The summed E-state index contributed by atoms with van der Waals surface area (Å²) in [4.78, 5) is 2.48. The number of hydrogen-bond donors (Lipinski definition) is 1. The highest BCUT2D eigenvalue weighted by Gasteiger charge is 2.24. The van der Waals surface area contributed by atoms with E-state index in [9.17, 15) is 0 Å². The van der Waals surface area contributed by atoms with E-state index in [4.69, 9.17) is 10.5 Å². The van der Waals surface area contributed by atoms with Gasteiger partial charge in [0.1, 0.15) is 0 Å². The molecule has 3 heteroatoms. The topological polar surface area (TPSA) is 38.5 Å². The molecule has 1 fully saturated rings. The molecule has 0 bridgehead atoms. The van der Waals surface area contributed by atoms with Crippen LogP contribution >= 0.6 is 0 Å². The van der Waals surface area contributed by atoms with Crippen molar-refractivity contribution in [2.45, 2.75) is 45.4 Å². The highest BCUT2D eigenvalue weighted by atomic mass is 16.5. The molecule has 0 amide bonds. The van der Waals surface area contributed by atoms with Gasteiger partial charge >= 0.3 is 0 Å². The molecule has 0 spiro atoms. The maximum atomic E-state index is 5.67.